The number of carbonyl (C=O) groups excluding carboxylic acids is 2. The second-order valence-corrected chi connectivity index (χ2v) is 10.7. The highest BCUT2D eigenvalue weighted by molar-refractivity contribution is 5.70. The van der Waals surface area contributed by atoms with Crippen LogP contribution in [0.15, 0.2) is 42.6 Å². The third-order valence-corrected chi connectivity index (χ3v) is 6.78. The maximum atomic E-state index is 12.7. The van der Waals surface area contributed by atoms with E-state index in [-0.39, 0.29) is 30.8 Å². The van der Waals surface area contributed by atoms with Crippen molar-refractivity contribution in [3.63, 3.8) is 0 Å². The van der Waals surface area contributed by atoms with Crippen LogP contribution in [-0.4, -0.2) is 65.5 Å². The van der Waals surface area contributed by atoms with E-state index in [9.17, 15) is 9.59 Å². The average molecular weight is 495 g/mol. The maximum Gasteiger partial charge on any atom is 0.410 e. The van der Waals surface area contributed by atoms with Gasteiger partial charge in [-0.3, -0.25) is 4.90 Å². The molecule has 2 fully saturated rings. The van der Waals surface area contributed by atoms with Crippen LogP contribution in [0.5, 0.6) is 5.75 Å². The summed E-state index contributed by atoms with van der Waals surface area (Å²) < 4.78 is 17.0. The van der Waals surface area contributed by atoms with Crippen LogP contribution < -0.4 is 15.0 Å². The molecule has 0 spiro atoms. The number of amides is 2. The van der Waals surface area contributed by atoms with E-state index in [0.29, 0.717) is 13.0 Å². The number of pyridine rings is 1. The third kappa shape index (κ3) is 5.50. The molecule has 2 aromatic rings. The van der Waals surface area contributed by atoms with Crippen molar-refractivity contribution in [2.45, 2.75) is 70.4 Å². The monoisotopic (exact) mass is 494 g/mol. The van der Waals surface area contributed by atoms with Gasteiger partial charge in [0.2, 0.25) is 0 Å². The number of ether oxygens (including phenoxy) is 3. The molecular formula is C27H34N4O5. The fourth-order valence-corrected chi connectivity index (χ4v) is 5.16. The second-order valence-electron chi connectivity index (χ2n) is 10.7. The number of benzene rings is 1. The summed E-state index contributed by atoms with van der Waals surface area (Å²) in [5, 5.41) is 2.89. The second kappa shape index (κ2) is 9.87. The maximum absolute atomic E-state index is 12.7. The number of rotatable bonds is 4. The molecule has 2 amide bonds. The molecule has 3 aliphatic rings. The molecule has 3 atom stereocenters. The smallest absolute Gasteiger partial charge is 0.410 e. The Morgan fingerprint density at radius 1 is 1.14 bits per heavy atom. The van der Waals surface area contributed by atoms with Crippen molar-refractivity contribution in [1.82, 2.24) is 15.2 Å². The minimum Gasteiger partial charge on any atom is -0.491 e. The van der Waals surface area contributed by atoms with Gasteiger partial charge in [-0.25, -0.2) is 14.6 Å². The van der Waals surface area contributed by atoms with Gasteiger partial charge in [-0.05, 0) is 39.2 Å². The minimum atomic E-state index is -0.504. The Labute approximate surface area is 211 Å². The molecule has 4 heterocycles. The van der Waals surface area contributed by atoms with E-state index in [0.717, 1.165) is 48.6 Å². The van der Waals surface area contributed by atoms with Gasteiger partial charge >= 0.3 is 12.2 Å². The molecule has 1 N–H and O–H groups in total. The van der Waals surface area contributed by atoms with Crippen molar-refractivity contribution in [1.29, 1.82) is 0 Å². The van der Waals surface area contributed by atoms with Gasteiger partial charge in [0.1, 0.15) is 30.4 Å². The van der Waals surface area contributed by atoms with E-state index in [1.165, 1.54) is 0 Å². The van der Waals surface area contributed by atoms with Crippen molar-refractivity contribution < 1.29 is 23.8 Å². The fraction of sp³-hybridized carbons (Fsp3) is 0.519. The standard InChI is InChI=1S/C27H34N4O5/c1-27(2,3)36-26(33)31-21-9-10-22(31)15-30(14-21)24-12-23-19(13-28-24)11-20(17-34-23)29-25(32)35-16-18-7-5-4-6-8-18/h4-8,12-13,20-22H,9-11,14-17H2,1-3H3,(H,29,32)/t20-,21?,22?/m1/s1. The number of nitrogens with zero attached hydrogens (tertiary/aromatic N) is 3. The molecule has 2 bridgehead atoms. The van der Waals surface area contributed by atoms with E-state index in [4.69, 9.17) is 19.2 Å². The molecule has 36 heavy (non-hydrogen) atoms. The topological polar surface area (TPSA) is 93.2 Å². The highest BCUT2D eigenvalue weighted by atomic mass is 16.6. The van der Waals surface area contributed by atoms with Crippen LogP contribution in [0, 0.1) is 0 Å². The zero-order valence-electron chi connectivity index (χ0n) is 21.1. The summed E-state index contributed by atoms with van der Waals surface area (Å²) in [7, 11) is 0. The number of anilines is 1. The Morgan fingerprint density at radius 2 is 1.86 bits per heavy atom. The van der Waals surface area contributed by atoms with Crippen LogP contribution in [0.1, 0.15) is 44.7 Å². The number of hydrogen-bond acceptors (Lipinski definition) is 7. The predicted octanol–water partition coefficient (Wildman–Crippen LogP) is 3.90. The quantitative estimate of drug-likeness (QED) is 0.689. The Bertz CT molecular complexity index is 1090. The third-order valence-electron chi connectivity index (χ3n) is 6.78. The van der Waals surface area contributed by atoms with Crippen molar-refractivity contribution in [2.24, 2.45) is 0 Å². The number of carbonyl (C=O) groups is 2. The molecule has 3 aliphatic heterocycles. The Kier molecular flexibility index (Phi) is 6.64. The summed E-state index contributed by atoms with van der Waals surface area (Å²) in [4.78, 5) is 33.8. The Balaban J connectivity index is 1.16. The average Bonchev–Trinajstić information content (AvgIpc) is 3.12. The zero-order valence-corrected chi connectivity index (χ0v) is 21.1. The van der Waals surface area contributed by atoms with Crippen LogP contribution in [0.4, 0.5) is 15.4 Å². The summed E-state index contributed by atoms with van der Waals surface area (Å²) >= 11 is 0. The van der Waals surface area contributed by atoms with Crippen molar-refractivity contribution in [2.75, 3.05) is 24.6 Å². The van der Waals surface area contributed by atoms with E-state index < -0.39 is 11.7 Å². The fourth-order valence-electron chi connectivity index (χ4n) is 5.16. The summed E-state index contributed by atoms with van der Waals surface area (Å²) in [6.07, 6.45) is 3.71. The number of hydrogen-bond donors (Lipinski definition) is 1. The molecule has 2 unspecified atom stereocenters. The largest absolute Gasteiger partial charge is 0.491 e. The number of aromatic nitrogens is 1. The molecule has 5 rings (SSSR count). The van der Waals surface area contributed by atoms with Crippen LogP contribution in [-0.2, 0) is 22.5 Å². The van der Waals surface area contributed by atoms with Gasteiger partial charge in [0.15, 0.2) is 0 Å². The van der Waals surface area contributed by atoms with Gasteiger partial charge in [0.05, 0.1) is 18.1 Å². The minimum absolute atomic E-state index is 0.118. The van der Waals surface area contributed by atoms with Crippen molar-refractivity contribution >= 4 is 18.0 Å². The van der Waals surface area contributed by atoms with E-state index in [2.05, 4.69) is 10.2 Å². The first-order chi connectivity index (χ1) is 17.2. The summed E-state index contributed by atoms with van der Waals surface area (Å²) in [5.41, 5.74) is 1.39. The van der Waals surface area contributed by atoms with Gasteiger partial charge in [0, 0.05) is 37.3 Å². The number of piperazine rings is 1. The van der Waals surface area contributed by atoms with E-state index in [1.807, 2.05) is 68.3 Å². The molecule has 0 radical (unpaired) electrons. The van der Waals surface area contributed by atoms with Gasteiger partial charge in [-0.15, -0.1) is 0 Å². The highest BCUT2D eigenvalue weighted by Gasteiger charge is 2.44. The lowest BCUT2D eigenvalue weighted by Gasteiger charge is -2.42. The number of fused-ring (bicyclic) bond motifs is 3. The highest BCUT2D eigenvalue weighted by Crippen LogP contribution is 2.35. The summed E-state index contributed by atoms with van der Waals surface area (Å²) in [6.45, 7) is 7.73. The van der Waals surface area contributed by atoms with Crippen LogP contribution in [0.3, 0.4) is 0 Å². The normalized spacial score (nSPS) is 22.9. The van der Waals surface area contributed by atoms with Crippen LogP contribution in [0.25, 0.3) is 0 Å². The first-order valence-electron chi connectivity index (χ1n) is 12.6. The van der Waals surface area contributed by atoms with E-state index in [1.54, 1.807) is 0 Å². The summed E-state index contributed by atoms with van der Waals surface area (Å²) in [5.74, 6) is 1.64. The van der Waals surface area contributed by atoms with E-state index >= 15 is 0 Å². The van der Waals surface area contributed by atoms with Crippen molar-refractivity contribution in [3.05, 3.63) is 53.7 Å². The Hall–Kier alpha value is -3.49. The molecule has 1 aromatic carbocycles. The molecule has 2 saturated heterocycles. The molecule has 9 heteroatoms. The Morgan fingerprint density at radius 3 is 2.56 bits per heavy atom. The lowest BCUT2D eigenvalue weighted by atomic mass is 10.0. The molecule has 192 valence electrons. The lowest BCUT2D eigenvalue weighted by molar-refractivity contribution is 0.0122. The molecule has 9 nitrogen and oxygen atoms in total. The molecule has 0 aliphatic carbocycles. The van der Waals surface area contributed by atoms with Gasteiger partial charge in [-0.2, -0.15) is 0 Å². The van der Waals surface area contributed by atoms with Gasteiger partial charge in [0.25, 0.3) is 0 Å². The first kappa shape index (κ1) is 24.2. The van der Waals surface area contributed by atoms with Gasteiger partial charge in [-0.1, -0.05) is 30.3 Å². The summed E-state index contributed by atoms with van der Waals surface area (Å²) in [6, 6.07) is 11.6. The SMILES string of the molecule is CC(C)(C)OC(=O)N1C2CCC1CN(c1cc3c(cn1)C[C@@H](NC(=O)OCc1ccccc1)CO3)C2. The lowest BCUT2D eigenvalue weighted by Crippen LogP contribution is -2.57. The zero-order chi connectivity index (χ0) is 25.3. The first-order valence-corrected chi connectivity index (χ1v) is 12.6. The molecule has 0 saturated carbocycles. The van der Waals surface area contributed by atoms with Gasteiger partial charge < -0.3 is 24.4 Å². The molecule has 1 aromatic heterocycles. The number of alkyl carbamates (subject to hydrolysis) is 1. The molecular weight excluding hydrogens is 460 g/mol. The van der Waals surface area contributed by atoms with Crippen LogP contribution >= 0.6 is 0 Å². The van der Waals surface area contributed by atoms with Crippen LogP contribution in [0.2, 0.25) is 0 Å². The van der Waals surface area contributed by atoms with Crippen molar-refractivity contribution in [3.8, 4) is 5.75 Å². The predicted molar refractivity (Wildman–Crippen MR) is 134 cm³/mol. The number of nitrogens with one attached hydrogen (secondary N) is 1.